The number of benzene rings is 1. The van der Waals surface area contributed by atoms with Crippen LogP contribution in [0.15, 0.2) is 24.3 Å². The Morgan fingerprint density at radius 3 is 2.80 bits per heavy atom. The van der Waals surface area contributed by atoms with E-state index >= 15 is 0 Å². The number of carbonyl (C=O) groups is 1. The number of hydrogen-bond acceptors (Lipinski definition) is 2. The van der Waals surface area contributed by atoms with Gasteiger partial charge in [0, 0.05) is 13.1 Å². The van der Waals surface area contributed by atoms with Gasteiger partial charge >= 0.3 is 0 Å². The number of carbonyl (C=O) groups excluding carboxylic acids is 1. The number of amides is 1. The predicted octanol–water partition coefficient (Wildman–Crippen LogP) is 2.78. The summed E-state index contributed by atoms with van der Waals surface area (Å²) in [6, 6.07) is 8.01. The molecular formula is C16H22ClNO2. The van der Waals surface area contributed by atoms with Gasteiger partial charge in [-0.1, -0.05) is 24.3 Å². The zero-order valence-electron chi connectivity index (χ0n) is 12.4. The van der Waals surface area contributed by atoms with Crippen LogP contribution in [0.2, 0.25) is 0 Å². The molecule has 1 fully saturated rings. The second kappa shape index (κ2) is 6.15. The lowest BCUT2D eigenvalue weighted by molar-refractivity contribution is -0.156. The van der Waals surface area contributed by atoms with E-state index in [1.165, 1.54) is 0 Å². The molecule has 2 rings (SSSR count). The SMILES string of the molecule is Cc1ccccc1CC(=O)N1CC(CCl)OC(C)(C)C1. The van der Waals surface area contributed by atoms with Crippen molar-refractivity contribution in [2.45, 2.75) is 38.9 Å². The van der Waals surface area contributed by atoms with Crippen molar-refractivity contribution in [1.29, 1.82) is 0 Å². The van der Waals surface area contributed by atoms with Crippen LogP contribution < -0.4 is 0 Å². The fourth-order valence-corrected chi connectivity index (χ4v) is 2.81. The molecule has 1 aliphatic heterocycles. The van der Waals surface area contributed by atoms with Gasteiger partial charge in [0.25, 0.3) is 0 Å². The topological polar surface area (TPSA) is 29.5 Å². The Bertz CT molecular complexity index is 487. The summed E-state index contributed by atoms with van der Waals surface area (Å²) in [6.45, 7) is 7.23. The van der Waals surface area contributed by atoms with Gasteiger partial charge in [-0.05, 0) is 31.9 Å². The van der Waals surface area contributed by atoms with Crippen molar-refractivity contribution < 1.29 is 9.53 Å². The maximum atomic E-state index is 12.5. The molecule has 4 heteroatoms. The van der Waals surface area contributed by atoms with Crippen LogP contribution in [-0.4, -0.2) is 41.5 Å². The second-order valence-corrected chi connectivity index (χ2v) is 6.34. The van der Waals surface area contributed by atoms with E-state index in [4.69, 9.17) is 16.3 Å². The molecule has 0 saturated carbocycles. The average molecular weight is 296 g/mol. The molecule has 1 unspecified atom stereocenters. The summed E-state index contributed by atoms with van der Waals surface area (Å²) in [4.78, 5) is 14.4. The highest BCUT2D eigenvalue weighted by atomic mass is 35.5. The van der Waals surface area contributed by atoms with Crippen LogP contribution in [0.3, 0.4) is 0 Å². The lowest BCUT2D eigenvalue weighted by Gasteiger charge is -2.42. The molecule has 1 aromatic carbocycles. The Morgan fingerprint density at radius 1 is 1.45 bits per heavy atom. The van der Waals surface area contributed by atoms with E-state index in [-0.39, 0.29) is 17.6 Å². The molecule has 1 amide bonds. The summed E-state index contributed by atoms with van der Waals surface area (Å²) in [5.74, 6) is 0.559. The minimum atomic E-state index is -0.334. The first-order valence-electron chi connectivity index (χ1n) is 6.97. The van der Waals surface area contributed by atoms with Crippen molar-refractivity contribution in [1.82, 2.24) is 4.90 Å². The minimum Gasteiger partial charge on any atom is -0.367 e. The maximum Gasteiger partial charge on any atom is 0.227 e. The molecule has 0 bridgehead atoms. The van der Waals surface area contributed by atoms with E-state index in [2.05, 4.69) is 0 Å². The highest BCUT2D eigenvalue weighted by Crippen LogP contribution is 2.22. The third-order valence-electron chi connectivity index (χ3n) is 3.61. The third kappa shape index (κ3) is 3.74. The molecule has 0 spiro atoms. The molecule has 20 heavy (non-hydrogen) atoms. The van der Waals surface area contributed by atoms with Gasteiger partial charge in [0.2, 0.25) is 5.91 Å². The van der Waals surface area contributed by atoms with Crippen molar-refractivity contribution >= 4 is 17.5 Å². The fraction of sp³-hybridized carbons (Fsp3) is 0.562. The molecular weight excluding hydrogens is 274 g/mol. The summed E-state index contributed by atoms with van der Waals surface area (Å²) in [5, 5.41) is 0. The Kier molecular flexibility index (Phi) is 4.71. The van der Waals surface area contributed by atoms with Crippen molar-refractivity contribution in [2.24, 2.45) is 0 Å². The van der Waals surface area contributed by atoms with Crippen LogP contribution in [0.5, 0.6) is 0 Å². The fourth-order valence-electron chi connectivity index (χ4n) is 2.65. The van der Waals surface area contributed by atoms with E-state index in [9.17, 15) is 4.79 Å². The molecule has 1 aromatic rings. The van der Waals surface area contributed by atoms with E-state index in [1.54, 1.807) is 0 Å². The predicted molar refractivity (Wildman–Crippen MR) is 81.1 cm³/mol. The molecule has 0 N–H and O–H groups in total. The van der Waals surface area contributed by atoms with Crippen LogP contribution >= 0.6 is 11.6 Å². The summed E-state index contributed by atoms with van der Waals surface area (Å²) < 4.78 is 5.85. The smallest absolute Gasteiger partial charge is 0.227 e. The first kappa shape index (κ1) is 15.3. The number of aryl methyl sites for hydroxylation is 1. The van der Waals surface area contributed by atoms with E-state index in [0.717, 1.165) is 11.1 Å². The van der Waals surface area contributed by atoms with Crippen LogP contribution in [0.1, 0.15) is 25.0 Å². The molecule has 0 aromatic heterocycles. The van der Waals surface area contributed by atoms with Crippen LogP contribution in [-0.2, 0) is 16.0 Å². The number of nitrogens with zero attached hydrogens (tertiary/aromatic N) is 1. The molecule has 1 saturated heterocycles. The molecule has 110 valence electrons. The highest BCUT2D eigenvalue weighted by molar-refractivity contribution is 6.18. The lowest BCUT2D eigenvalue weighted by Crippen LogP contribution is -2.55. The van der Waals surface area contributed by atoms with Crippen LogP contribution in [0.4, 0.5) is 0 Å². The number of alkyl halides is 1. The molecule has 0 radical (unpaired) electrons. The number of ether oxygens (including phenoxy) is 1. The lowest BCUT2D eigenvalue weighted by atomic mass is 10.0. The molecule has 1 aliphatic rings. The summed E-state index contributed by atoms with van der Waals surface area (Å²) in [6.07, 6.45) is 0.360. The number of rotatable bonds is 3. The second-order valence-electron chi connectivity index (χ2n) is 6.03. The van der Waals surface area contributed by atoms with Crippen LogP contribution in [0.25, 0.3) is 0 Å². The van der Waals surface area contributed by atoms with Gasteiger partial charge < -0.3 is 9.64 Å². The van der Waals surface area contributed by atoms with Gasteiger partial charge in [0.15, 0.2) is 0 Å². The summed E-state index contributed by atoms with van der Waals surface area (Å²) >= 11 is 5.90. The number of hydrogen-bond donors (Lipinski definition) is 0. The molecule has 1 heterocycles. The van der Waals surface area contributed by atoms with Gasteiger partial charge in [0.1, 0.15) is 0 Å². The van der Waals surface area contributed by atoms with Crippen molar-refractivity contribution in [3.05, 3.63) is 35.4 Å². The Labute approximate surface area is 125 Å². The first-order chi connectivity index (χ1) is 9.41. The molecule has 1 atom stereocenters. The van der Waals surface area contributed by atoms with Gasteiger partial charge in [0.05, 0.1) is 24.0 Å². The normalized spacial score (nSPS) is 21.8. The monoisotopic (exact) mass is 295 g/mol. The molecule has 3 nitrogen and oxygen atoms in total. The highest BCUT2D eigenvalue weighted by Gasteiger charge is 2.35. The Balaban J connectivity index is 2.07. The zero-order valence-corrected chi connectivity index (χ0v) is 13.1. The molecule has 0 aliphatic carbocycles. The van der Waals surface area contributed by atoms with Gasteiger partial charge in [-0.15, -0.1) is 11.6 Å². The standard InChI is InChI=1S/C16H22ClNO2/c1-12-6-4-5-7-13(12)8-15(19)18-10-14(9-17)20-16(2,3)11-18/h4-7,14H,8-11H2,1-3H3. The van der Waals surface area contributed by atoms with Crippen LogP contribution in [0, 0.1) is 6.92 Å². The third-order valence-corrected chi connectivity index (χ3v) is 3.95. The van der Waals surface area contributed by atoms with Gasteiger partial charge in [-0.2, -0.15) is 0 Å². The van der Waals surface area contributed by atoms with Gasteiger partial charge in [-0.3, -0.25) is 4.79 Å². The van der Waals surface area contributed by atoms with E-state index < -0.39 is 0 Å². The number of morpholine rings is 1. The minimum absolute atomic E-state index is 0.0822. The van der Waals surface area contributed by atoms with Crippen molar-refractivity contribution in [3.8, 4) is 0 Å². The van der Waals surface area contributed by atoms with E-state index in [1.807, 2.05) is 49.9 Å². The van der Waals surface area contributed by atoms with E-state index in [0.29, 0.717) is 25.4 Å². The van der Waals surface area contributed by atoms with Crippen molar-refractivity contribution in [2.75, 3.05) is 19.0 Å². The maximum absolute atomic E-state index is 12.5. The average Bonchev–Trinajstić information content (AvgIpc) is 2.39. The first-order valence-corrected chi connectivity index (χ1v) is 7.51. The van der Waals surface area contributed by atoms with Crippen molar-refractivity contribution in [3.63, 3.8) is 0 Å². The summed E-state index contributed by atoms with van der Waals surface area (Å²) in [7, 11) is 0. The Hall–Kier alpha value is -1.06. The summed E-state index contributed by atoms with van der Waals surface area (Å²) in [5.41, 5.74) is 1.91. The largest absolute Gasteiger partial charge is 0.367 e. The Morgan fingerprint density at radius 2 is 2.15 bits per heavy atom. The zero-order chi connectivity index (χ0) is 14.8. The quantitative estimate of drug-likeness (QED) is 0.803. The van der Waals surface area contributed by atoms with Gasteiger partial charge in [-0.25, -0.2) is 0 Å². The number of halogens is 1.